The standard InChI is InChI=1S/C42H38N6O7/c49-36(35-15-7-8-24-45(35)40(51)52)47(31-16-17-32(47)19-18-31)38-43-44-39(55-38)48(33-20-21-34(48)23-22-33)37(50)42(27-29-12-5-2-6-13-29)30(14-9-25-46(42)41(53)54)26-28-10-3-1-4-11-28/h1-6,10-13,16-23,30,35H,7-9,14-15,24-27H2/t30?,35-,42-/m1/s1. The molecular formula is C42H38N6O7. The summed E-state index contributed by atoms with van der Waals surface area (Å²) in [6.45, 7) is 0.246. The molecule has 2 saturated heterocycles. The van der Waals surface area contributed by atoms with Crippen LogP contribution in [0.5, 0.6) is 0 Å². The largest absolute Gasteiger partial charge is 0.530 e. The Bertz CT molecular complexity index is 2260. The predicted molar refractivity (Wildman–Crippen MR) is 196 cm³/mol. The number of piperidine rings is 2. The van der Waals surface area contributed by atoms with Crippen LogP contribution in [0.15, 0.2) is 136 Å². The van der Waals surface area contributed by atoms with E-state index in [4.69, 9.17) is 4.42 Å². The van der Waals surface area contributed by atoms with E-state index < -0.39 is 50.5 Å². The molecule has 1 aromatic heterocycles. The zero-order valence-corrected chi connectivity index (χ0v) is 30.0. The van der Waals surface area contributed by atoms with Crippen molar-refractivity contribution < 1.29 is 33.8 Å². The van der Waals surface area contributed by atoms with Gasteiger partial charge in [0.25, 0.3) is 0 Å². The molecule has 0 spiro atoms. The molecule has 0 aliphatic carbocycles. The molecule has 4 bridgehead atoms. The zero-order chi connectivity index (χ0) is 38.0. The second kappa shape index (κ2) is 13.0. The number of allylic oxidation sites excluding steroid dienone is 8. The number of rotatable bonds is 8. The molecule has 55 heavy (non-hydrogen) atoms. The molecule has 6 aliphatic heterocycles. The Hall–Kier alpha value is -6.18. The number of quaternary nitrogens is 2. The number of carbonyl (C=O) groups is 4. The molecule has 278 valence electrons. The van der Waals surface area contributed by atoms with Gasteiger partial charge in [0, 0.05) is 68.1 Å². The topological polar surface area (TPSA) is 160 Å². The summed E-state index contributed by atoms with van der Waals surface area (Å²) in [6, 6.07) is 17.7. The number of hydrogen-bond acceptors (Lipinski definition) is 9. The number of likely N-dealkylation sites (tertiary alicyclic amines) is 2. The highest BCUT2D eigenvalue weighted by Gasteiger charge is 2.68. The van der Waals surface area contributed by atoms with Crippen molar-refractivity contribution in [3.05, 3.63) is 143 Å². The smallest absolute Gasteiger partial charge is 0.447 e. The molecule has 7 heterocycles. The fourth-order valence-electron chi connectivity index (χ4n) is 9.70. The number of benzene rings is 2. The summed E-state index contributed by atoms with van der Waals surface area (Å²) in [5.74, 6) is -1.47. The third kappa shape index (κ3) is 4.92. The van der Waals surface area contributed by atoms with Crippen molar-refractivity contribution in [1.29, 1.82) is 0 Å². The van der Waals surface area contributed by atoms with Gasteiger partial charge in [-0.25, -0.2) is 9.59 Å². The normalized spacial score (nSPS) is 25.4. The van der Waals surface area contributed by atoms with Gasteiger partial charge in [0.15, 0.2) is 28.3 Å². The average molecular weight is 739 g/mol. The lowest BCUT2D eigenvalue weighted by Crippen LogP contribution is -2.73. The van der Waals surface area contributed by atoms with Gasteiger partial charge in [-0.15, -0.1) is 8.97 Å². The summed E-state index contributed by atoms with van der Waals surface area (Å²) in [6.07, 6.45) is 14.4. The Kier molecular flexibility index (Phi) is 8.17. The fraction of sp³-hybridized carbons (Fsp3) is 0.286. The van der Waals surface area contributed by atoms with Crippen LogP contribution >= 0.6 is 0 Å². The van der Waals surface area contributed by atoms with Crippen LogP contribution in [0.2, 0.25) is 0 Å². The minimum atomic E-state index is -1.67. The van der Waals surface area contributed by atoms with Gasteiger partial charge < -0.3 is 34.0 Å². The second-order valence-electron chi connectivity index (χ2n) is 14.9. The third-order valence-electron chi connectivity index (χ3n) is 12.2. The molecule has 1 unspecified atom stereocenters. The van der Waals surface area contributed by atoms with Crippen molar-refractivity contribution in [1.82, 2.24) is 29.0 Å². The van der Waals surface area contributed by atoms with Crippen LogP contribution in [0, 0.1) is 5.92 Å². The molecule has 9 rings (SSSR count). The van der Waals surface area contributed by atoms with Crippen LogP contribution < -0.4 is 19.2 Å². The van der Waals surface area contributed by atoms with Crippen LogP contribution in [-0.2, 0) is 22.4 Å². The summed E-state index contributed by atoms with van der Waals surface area (Å²) >= 11 is 0. The first-order chi connectivity index (χ1) is 26.7. The first-order valence-corrected chi connectivity index (χ1v) is 18.7. The van der Waals surface area contributed by atoms with Gasteiger partial charge >= 0.3 is 23.8 Å². The second-order valence-corrected chi connectivity index (χ2v) is 14.9. The van der Waals surface area contributed by atoms with E-state index in [9.17, 15) is 24.6 Å². The predicted octanol–water partition coefficient (Wildman–Crippen LogP) is 3.92. The van der Waals surface area contributed by atoms with Crippen LogP contribution in [0.3, 0.4) is 0 Å². The molecule has 3 aromatic rings. The molecule has 13 heteroatoms. The number of aromatic nitrogens is 2. The van der Waals surface area contributed by atoms with Crippen molar-refractivity contribution in [3.8, 4) is 0 Å². The quantitative estimate of drug-likeness (QED) is 0.312. The highest BCUT2D eigenvalue weighted by molar-refractivity contribution is 6.05. The van der Waals surface area contributed by atoms with Crippen molar-refractivity contribution in [2.24, 2.45) is 5.92 Å². The number of carbonyl (C=O) groups excluding carboxylic acids is 4. The van der Waals surface area contributed by atoms with E-state index >= 15 is 4.79 Å². The van der Waals surface area contributed by atoms with E-state index in [1.54, 1.807) is 48.6 Å². The summed E-state index contributed by atoms with van der Waals surface area (Å²) < 4.78 is 5.33. The maximum atomic E-state index is 16.3. The highest BCUT2D eigenvalue weighted by atomic mass is 16.4. The van der Waals surface area contributed by atoms with Crippen molar-refractivity contribution in [3.63, 3.8) is 0 Å². The Labute approximate surface area is 316 Å². The van der Waals surface area contributed by atoms with Gasteiger partial charge in [-0.05, 0) is 65.8 Å². The Morgan fingerprint density at radius 3 is 1.82 bits per heavy atom. The minimum absolute atomic E-state index is 0.0582. The Morgan fingerprint density at radius 1 is 0.691 bits per heavy atom. The van der Waals surface area contributed by atoms with Crippen LogP contribution in [0.1, 0.15) is 43.2 Å². The monoisotopic (exact) mass is 738 g/mol. The van der Waals surface area contributed by atoms with E-state index in [0.29, 0.717) is 61.3 Å². The molecule has 0 N–H and O–H groups in total. The van der Waals surface area contributed by atoms with Crippen LogP contribution in [0.25, 0.3) is 0 Å². The molecule has 0 saturated carbocycles. The Morgan fingerprint density at radius 2 is 1.25 bits per heavy atom. The SMILES string of the molecule is O=C([O-])N1CCCC[C@@H]1C(=O)[N+]1(c2nnc([N+]3(C(=O)[C@@]4(Cc5ccccc5)C(Cc5ccccc5)CCCN4C(=O)[O-])C4=CC=C3C=C4)o2)C2=CC=C1C=C2. The van der Waals surface area contributed by atoms with E-state index in [1.165, 1.54) is 4.90 Å². The number of amides is 4. The first-order valence-electron chi connectivity index (χ1n) is 18.7. The van der Waals surface area contributed by atoms with Crippen molar-refractivity contribution in [2.45, 2.75) is 56.5 Å². The molecule has 2 aromatic carbocycles. The van der Waals surface area contributed by atoms with E-state index in [-0.39, 0.29) is 31.5 Å². The van der Waals surface area contributed by atoms with E-state index in [2.05, 4.69) is 10.2 Å². The number of carboxylic acid groups (broad SMARTS) is 2. The number of fused-ring (bicyclic) bond motifs is 4. The van der Waals surface area contributed by atoms with Gasteiger partial charge in [-0.2, -0.15) is 0 Å². The molecular weight excluding hydrogens is 700 g/mol. The molecule has 0 radical (unpaired) electrons. The van der Waals surface area contributed by atoms with Crippen molar-refractivity contribution in [2.75, 3.05) is 13.1 Å². The minimum Gasteiger partial charge on any atom is -0.530 e. The molecule has 3 atom stereocenters. The maximum Gasteiger partial charge on any atom is 0.447 e. The van der Waals surface area contributed by atoms with E-state index in [0.717, 1.165) is 16.0 Å². The van der Waals surface area contributed by atoms with Crippen LogP contribution in [-0.4, -0.2) is 68.7 Å². The van der Waals surface area contributed by atoms with Crippen LogP contribution in [0.4, 0.5) is 21.6 Å². The summed E-state index contributed by atoms with van der Waals surface area (Å²) in [7, 11) is 0. The average Bonchev–Trinajstić information content (AvgIpc) is 4.05. The van der Waals surface area contributed by atoms with Gasteiger partial charge in [0.2, 0.25) is 0 Å². The number of nitrogens with zero attached hydrogens (tertiary/aromatic N) is 6. The van der Waals surface area contributed by atoms with Crippen molar-refractivity contribution >= 4 is 36.0 Å². The lowest BCUT2D eigenvalue weighted by molar-refractivity contribution is -0.275. The number of hydrogen-bond donors (Lipinski definition) is 0. The Balaban J connectivity index is 1.22. The van der Waals surface area contributed by atoms with Gasteiger partial charge in [0.1, 0.15) is 18.2 Å². The van der Waals surface area contributed by atoms with Gasteiger partial charge in [-0.1, -0.05) is 60.7 Å². The molecule has 6 aliphatic rings. The molecule has 2 fully saturated rings. The molecule has 4 amide bonds. The summed E-state index contributed by atoms with van der Waals surface area (Å²) in [4.78, 5) is 59.0. The summed E-state index contributed by atoms with van der Waals surface area (Å²) in [5.41, 5.74) is 2.03. The van der Waals surface area contributed by atoms with Gasteiger partial charge in [-0.3, -0.25) is 0 Å². The maximum absolute atomic E-state index is 16.3. The fourth-order valence-corrected chi connectivity index (χ4v) is 9.70. The highest BCUT2D eigenvalue weighted by Crippen LogP contribution is 2.53. The third-order valence-corrected chi connectivity index (χ3v) is 12.2. The first kappa shape index (κ1) is 34.6. The lowest BCUT2D eigenvalue weighted by Gasteiger charge is -2.52. The van der Waals surface area contributed by atoms with E-state index in [1.807, 2.05) is 60.7 Å². The zero-order valence-electron chi connectivity index (χ0n) is 30.0. The summed E-state index contributed by atoms with van der Waals surface area (Å²) in [5, 5.41) is 34.7. The van der Waals surface area contributed by atoms with Gasteiger partial charge in [0.05, 0.1) is 0 Å². The lowest BCUT2D eigenvalue weighted by atomic mass is 9.69. The molecule has 13 nitrogen and oxygen atoms in total.